The molecule has 0 bridgehead atoms. The Hall–Kier alpha value is -1.09. The van der Waals surface area contributed by atoms with E-state index in [1.807, 2.05) is 19.2 Å². The largest absolute Gasteiger partial charge is 0.494 e. The molecule has 0 heterocycles. The maximum atomic E-state index is 14.0. The highest BCUT2D eigenvalue weighted by Gasteiger charge is 2.22. The molecule has 1 rings (SSSR count). The van der Waals surface area contributed by atoms with Crippen LogP contribution >= 0.6 is 0 Å². The molecule has 0 aliphatic carbocycles. The lowest BCUT2D eigenvalue weighted by Gasteiger charge is -2.30. The summed E-state index contributed by atoms with van der Waals surface area (Å²) in [5.74, 6) is 0.111. The first-order chi connectivity index (χ1) is 8.90. The van der Waals surface area contributed by atoms with E-state index in [0.717, 1.165) is 24.8 Å². The van der Waals surface area contributed by atoms with E-state index >= 15 is 0 Å². The van der Waals surface area contributed by atoms with Gasteiger partial charge in [-0.15, -0.1) is 0 Å². The summed E-state index contributed by atoms with van der Waals surface area (Å²) in [7, 11) is 3.49. The maximum Gasteiger partial charge on any atom is 0.168 e. The molecule has 1 aromatic rings. The third-order valence-corrected chi connectivity index (χ3v) is 3.60. The smallest absolute Gasteiger partial charge is 0.168 e. The minimum Gasteiger partial charge on any atom is -0.494 e. The van der Waals surface area contributed by atoms with Crippen molar-refractivity contribution in [3.63, 3.8) is 0 Å². The number of nitrogens with one attached hydrogen (secondary N) is 1. The molecule has 108 valence electrons. The molecular weight excluding hydrogens is 241 g/mol. The average molecular weight is 267 g/mol. The van der Waals surface area contributed by atoms with Gasteiger partial charge in [0.1, 0.15) is 0 Å². The molecule has 0 fully saturated rings. The fourth-order valence-corrected chi connectivity index (χ4v) is 2.41. The summed E-state index contributed by atoms with van der Waals surface area (Å²) in [6.07, 6.45) is 2.75. The lowest BCUT2D eigenvalue weighted by Crippen LogP contribution is -2.37. The minimum absolute atomic E-state index is 0.221. The minimum atomic E-state index is -0.221. The van der Waals surface area contributed by atoms with Crippen molar-refractivity contribution in [3.8, 4) is 5.75 Å². The molecule has 0 radical (unpaired) electrons. The van der Waals surface area contributed by atoms with E-state index in [4.69, 9.17) is 4.74 Å². The Balaban J connectivity index is 2.58. The van der Waals surface area contributed by atoms with Crippen molar-refractivity contribution >= 4 is 0 Å². The topological polar surface area (TPSA) is 21.3 Å². The lowest BCUT2D eigenvalue weighted by atomic mass is 9.83. The van der Waals surface area contributed by atoms with Gasteiger partial charge in [-0.05, 0) is 43.4 Å². The van der Waals surface area contributed by atoms with E-state index in [0.29, 0.717) is 11.8 Å². The Morgan fingerprint density at radius 3 is 2.53 bits per heavy atom. The number of ether oxygens (including phenoxy) is 1. The van der Waals surface area contributed by atoms with Gasteiger partial charge in [-0.1, -0.05) is 32.9 Å². The fraction of sp³-hybridized carbons (Fsp3) is 0.625. The first-order valence-electron chi connectivity index (χ1n) is 6.88. The van der Waals surface area contributed by atoms with Crippen molar-refractivity contribution in [1.29, 1.82) is 0 Å². The van der Waals surface area contributed by atoms with Crippen LogP contribution in [0.1, 0.15) is 39.2 Å². The zero-order valence-corrected chi connectivity index (χ0v) is 12.7. The first kappa shape index (κ1) is 16.0. The SMILES string of the molecule is CNC(CCCc1cccc(OC)c1F)C(C)(C)C. The standard InChI is InChI=1S/C16H26FNO/c1-16(2,3)14(18-4)11-7-9-12-8-6-10-13(19-5)15(12)17/h6,8,10,14,18H,7,9,11H2,1-5H3. The second-order valence-electron chi connectivity index (χ2n) is 6.03. The predicted octanol–water partition coefficient (Wildman–Crippen LogP) is 3.79. The van der Waals surface area contributed by atoms with Crippen molar-refractivity contribution in [3.05, 3.63) is 29.6 Å². The van der Waals surface area contributed by atoms with Gasteiger partial charge in [0.25, 0.3) is 0 Å². The van der Waals surface area contributed by atoms with Crippen molar-refractivity contribution in [2.75, 3.05) is 14.2 Å². The molecule has 0 spiro atoms. The Morgan fingerprint density at radius 2 is 2.00 bits per heavy atom. The fourth-order valence-electron chi connectivity index (χ4n) is 2.41. The van der Waals surface area contributed by atoms with Gasteiger partial charge in [0.2, 0.25) is 0 Å². The summed E-state index contributed by atoms with van der Waals surface area (Å²) in [6.45, 7) is 6.67. The molecule has 1 N–H and O–H groups in total. The van der Waals surface area contributed by atoms with E-state index in [9.17, 15) is 4.39 Å². The number of benzene rings is 1. The quantitative estimate of drug-likeness (QED) is 0.846. The molecule has 0 aliphatic heterocycles. The molecule has 0 amide bonds. The second kappa shape index (κ2) is 6.90. The van der Waals surface area contributed by atoms with Crippen LogP contribution in [0, 0.1) is 11.2 Å². The molecule has 1 atom stereocenters. The highest BCUT2D eigenvalue weighted by atomic mass is 19.1. The van der Waals surface area contributed by atoms with Crippen molar-refractivity contribution in [2.45, 2.75) is 46.1 Å². The van der Waals surface area contributed by atoms with E-state index in [-0.39, 0.29) is 11.2 Å². The normalized spacial score (nSPS) is 13.4. The number of methoxy groups -OCH3 is 1. The number of hydrogen-bond acceptors (Lipinski definition) is 2. The average Bonchev–Trinajstić information content (AvgIpc) is 2.35. The Labute approximate surface area is 116 Å². The van der Waals surface area contributed by atoms with E-state index < -0.39 is 0 Å². The summed E-state index contributed by atoms with van der Waals surface area (Å²) in [4.78, 5) is 0. The molecule has 1 aromatic carbocycles. The lowest BCUT2D eigenvalue weighted by molar-refractivity contribution is 0.263. The van der Waals surface area contributed by atoms with Crippen molar-refractivity contribution in [2.24, 2.45) is 5.41 Å². The molecule has 2 nitrogen and oxygen atoms in total. The van der Waals surface area contributed by atoms with Crippen LogP contribution in [0.25, 0.3) is 0 Å². The van der Waals surface area contributed by atoms with Crippen LogP contribution in [-0.4, -0.2) is 20.2 Å². The van der Waals surface area contributed by atoms with Crippen LogP contribution in [0.3, 0.4) is 0 Å². The molecule has 1 unspecified atom stereocenters. The van der Waals surface area contributed by atoms with Crippen LogP contribution in [-0.2, 0) is 6.42 Å². The van der Waals surface area contributed by atoms with Crippen LogP contribution in [0.2, 0.25) is 0 Å². The molecule has 3 heteroatoms. The predicted molar refractivity (Wildman–Crippen MR) is 78.2 cm³/mol. The van der Waals surface area contributed by atoms with Gasteiger partial charge < -0.3 is 10.1 Å². The van der Waals surface area contributed by atoms with Gasteiger partial charge in [0, 0.05) is 6.04 Å². The Bertz CT molecular complexity index is 398. The molecular formula is C16H26FNO. The summed E-state index contributed by atoms with van der Waals surface area (Å²) in [6, 6.07) is 5.78. The van der Waals surface area contributed by atoms with E-state index in [1.54, 1.807) is 6.07 Å². The zero-order valence-electron chi connectivity index (χ0n) is 12.7. The molecule has 0 saturated heterocycles. The van der Waals surface area contributed by atoms with E-state index in [1.165, 1.54) is 7.11 Å². The summed E-state index contributed by atoms with van der Waals surface area (Å²) < 4.78 is 19.0. The third-order valence-electron chi connectivity index (χ3n) is 3.60. The third kappa shape index (κ3) is 4.50. The maximum absolute atomic E-state index is 14.0. The first-order valence-corrected chi connectivity index (χ1v) is 6.88. The number of halogens is 1. The van der Waals surface area contributed by atoms with Gasteiger partial charge in [-0.25, -0.2) is 4.39 Å². The Kier molecular flexibility index (Phi) is 5.80. The number of aryl methyl sites for hydroxylation is 1. The number of hydrogen-bond donors (Lipinski definition) is 1. The highest BCUT2D eigenvalue weighted by Crippen LogP contribution is 2.25. The van der Waals surface area contributed by atoms with Crippen LogP contribution in [0.15, 0.2) is 18.2 Å². The van der Waals surface area contributed by atoms with Crippen LogP contribution < -0.4 is 10.1 Å². The van der Waals surface area contributed by atoms with Gasteiger partial charge >= 0.3 is 0 Å². The molecule has 19 heavy (non-hydrogen) atoms. The van der Waals surface area contributed by atoms with E-state index in [2.05, 4.69) is 26.1 Å². The summed E-state index contributed by atoms with van der Waals surface area (Å²) >= 11 is 0. The second-order valence-corrected chi connectivity index (χ2v) is 6.03. The van der Waals surface area contributed by atoms with Gasteiger partial charge in [-0.2, -0.15) is 0 Å². The summed E-state index contributed by atoms with van der Waals surface area (Å²) in [5.41, 5.74) is 0.963. The molecule has 0 saturated carbocycles. The van der Waals surface area contributed by atoms with Gasteiger partial charge in [-0.3, -0.25) is 0 Å². The van der Waals surface area contributed by atoms with Crippen molar-refractivity contribution < 1.29 is 9.13 Å². The zero-order chi connectivity index (χ0) is 14.5. The Morgan fingerprint density at radius 1 is 1.32 bits per heavy atom. The molecule has 0 aliphatic rings. The van der Waals surface area contributed by atoms with Crippen LogP contribution in [0.5, 0.6) is 5.75 Å². The number of rotatable bonds is 6. The molecule has 0 aromatic heterocycles. The monoisotopic (exact) mass is 267 g/mol. The summed E-state index contributed by atoms with van der Waals surface area (Å²) in [5, 5.41) is 3.35. The highest BCUT2D eigenvalue weighted by molar-refractivity contribution is 5.31. The van der Waals surface area contributed by atoms with Crippen LogP contribution in [0.4, 0.5) is 4.39 Å². The van der Waals surface area contributed by atoms with Gasteiger partial charge in [0.05, 0.1) is 7.11 Å². The van der Waals surface area contributed by atoms with Gasteiger partial charge in [0.15, 0.2) is 11.6 Å². The van der Waals surface area contributed by atoms with Crippen molar-refractivity contribution in [1.82, 2.24) is 5.32 Å².